The third-order valence-electron chi connectivity index (χ3n) is 1.19. The first-order valence-electron chi connectivity index (χ1n) is 4.14. The fourth-order valence-corrected chi connectivity index (χ4v) is 0.640. The first-order chi connectivity index (χ1) is 7.31. The molecule has 0 aromatic carbocycles. The number of carbonyl (C=O) groups is 2. The summed E-state index contributed by atoms with van der Waals surface area (Å²) < 4.78 is 38.9. The van der Waals surface area contributed by atoms with Crippen LogP contribution in [-0.4, -0.2) is 42.9 Å². The highest BCUT2D eigenvalue weighted by molar-refractivity contribution is 5.93. The lowest BCUT2D eigenvalue weighted by atomic mass is 10.4. The van der Waals surface area contributed by atoms with E-state index in [2.05, 4.69) is 10.1 Å². The van der Waals surface area contributed by atoms with Crippen molar-refractivity contribution in [3.05, 3.63) is 12.2 Å². The van der Waals surface area contributed by atoms with Crippen LogP contribution >= 0.6 is 0 Å². The number of carboxylic acids is 1. The van der Waals surface area contributed by atoms with E-state index in [-0.39, 0.29) is 13.2 Å². The largest absolute Gasteiger partial charge is 0.478 e. The predicted molar refractivity (Wildman–Crippen MR) is 46.7 cm³/mol. The van der Waals surface area contributed by atoms with E-state index < -0.39 is 24.7 Å². The smallest absolute Gasteiger partial charge is 0.411 e. The van der Waals surface area contributed by atoms with Crippen molar-refractivity contribution in [1.29, 1.82) is 0 Å². The molecule has 0 rings (SSSR count). The molecule has 0 heterocycles. The van der Waals surface area contributed by atoms with Crippen LogP contribution in [0.5, 0.6) is 0 Å². The van der Waals surface area contributed by atoms with Crippen molar-refractivity contribution in [2.45, 2.75) is 6.18 Å². The molecule has 0 aromatic heterocycles. The fraction of sp³-hybridized carbons (Fsp3) is 0.500. The zero-order valence-corrected chi connectivity index (χ0v) is 8.08. The lowest BCUT2D eigenvalue weighted by molar-refractivity contribution is -0.173. The number of ether oxygens (including phenoxy) is 1. The number of amides is 1. The van der Waals surface area contributed by atoms with Crippen LogP contribution in [0.3, 0.4) is 0 Å². The summed E-state index contributed by atoms with van der Waals surface area (Å²) in [5.41, 5.74) is 0. The van der Waals surface area contributed by atoms with Crippen molar-refractivity contribution in [1.82, 2.24) is 5.32 Å². The van der Waals surface area contributed by atoms with Crippen molar-refractivity contribution in [2.75, 3.05) is 19.8 Å². The maximum atomic E-state index is 11.6. The van der Waals surface area contributed by atoms with Crippen LogP contribution in [0, 0.1) is 0 Å². The highest BCUT2D eigenvalue weighted by Crippen LogP contribution is 2.13. The van der Waals surface area contributed by atoms with E-state index in [1.54, 1.807) is 0 Å². The number of halogens is 3. The number of aliphatic carboxylic acids is 1. The van der Waals surface area contributed by atoms with E-state index in [4.69, 9.17) is 5.11 Å². The van der Waals surface area contributed by atoms with Crippen LogP contribution in [0.25, 0.3) is 0 Å². The molecule has 8 heteroatoms. The Morgan fingerprint density at radius 2 is 1.94 bits per heavy atom. The summed E-state index contributed by atoms with van der Waals surface area (Å²) >= 11 is 0. The molecule has 0 fully saturated rings. The van der Waals surface area contributed by atoms with Crippen molar-refractivity contribution < 1.29 is 32.6 Å². The molecule has 2 N–H and O–H groups in total. The van der Waals surface area contributed by atoms with Crippen LogP contribution in [-0.2, 0) is 14.3 Å². The van der Waals surface area contributed by atoms with E-state index in [1.165, 1.54) is 0 Å². The van der Waals surface area contributed by atoms with Gasteiger partial charge in [-0.2, -0.15) is 13.2 Å². The van der Waals surface area contributed by atoms with Crippen LogP contribution in [0.4, 0.5) is 13.2 Å². The normalized spacial score (nSPS) is 11.7. The van der Waals surface area contributed by atoms with Crippen molar-refractivity contribution >= 4 is 11.9 Å². The van der Waals surface area contributed by atoms with Gasteiger partial charge in [0.25, 0.3) is 0 Å². The minimum atomic E-state index is -4.40. The number of hydrogen-bond donors (Lipinski definition) is 2. The zero-order chi connectivity index (χ0) is 12.6. The second-order valence-corrected chi connectivity index (χ2v) is 2.63. The molecule has 0 aliphatic rings. The summed E-state index contributed by atoms with van der Waals surface area (Å²) in [6, 6.07) is 0. The van der Waals surface area contributed by atoms with Gasteiger partial charge >= 0.3 is 12.1 Å². The van der Waals surface area contributed by atoms with Gasteiger partial charge in [-0.25, -0.2) is 4.79 Å². The minimum absolute atomic E-state index is 0.126. The predicted octanol–water partition coefficient (Wildman–Crippen LogP) is 0.322. The van der Waals surface area contributed by atoms with Gasteiger partial charge in [0.05, 0.1) is 6.61 Å². The lowest BCUT2D eigenvalue weighted by Gasteiger charge is -2.07. The standard InChI is InChI=1S/C8H10F3NO4/c9-8(10,11)5-16-4-3-12-6(13)1-2-7(14)15/h1-2H,3-5H2,(H,12,13)(H,14,15). The summed E-state index contributed by atoms with van der Waals surface area (Å²) in [5.74, 6) is -2.00. The number of hydrogen-bond acceptors (Lipinski definition) is 3. The third-order valence-corrected chi connectivity index (χ3v) is 1.19. The SMILES string of the molecule is O=C(O)C=CC(=O)NCCOCC(F)(F)F. The first-order valence-corrected chi connectivity index (χ1v) is 4.14. The second-order valence-electron chi connectivity index (χ2n) is 2.63. The molecule has 0 aliphatic carbocycles. The number of carboxylic acid groups (broad SMARTS) is 1. The maximum Gasteiger partial charge on any atom is 0.411 e. The molecule has 0 spiro atoms. The van der Waals surface area contributed by atoms with Gasteiger partial charge in [-0.3, -0.25) is 4.79 Å². The average molecular weight is 241 g/mol. The summed E-state index contributed by atoms with van der Waals surface area (Å²) in [5, 5.41) is 10.3. The molecule has 0 aliphatic heterocycles. The van der Waals surface area contributed by atoms with E-state index >= 15 is 0 Å². The molecule has 1 amide bonds. The Balaban J connectivity index is 3.53. The molecule has 0 atom stereocenters. The number of rotatable bonds is 6. The van der Waals surface area contributed by atoms with Crippen LogP contribution in [0.15, 0.2) is 12.2 Å². The van der Waals surface area contributed by atoms with Gasteiger partial charge in [-0.15, -0.1) is 0 Å². The van der Waals surface area contributed by atoms with Crippen molar-refractivity contribution in [3.8, 4) is 0 Å². The van der Waals surface area contributed by atoms with Gasteiger partial charge in [-0.05, 0) is 0 Å². The Labute approximate surface area is 88.9 Å². The Kier molecular flexibility index (Phi) is 6.16. The maximum absolute atomic E-state index is 11.6. The molecular formula is C8H10F3NO4. The van der Waals surface area contributed by atoms with Crippen molar-refractivity contribution in [3.63, 3.8) is 0 Å². The van der Waals surface area contributed by atoms with Crippen LogP contribution in [0.1, 0.15) is 0 Å². The zero-order valence-electron chi connectivity index (χ0n) is 8.08. The summed E-state index contributed by atoms with van der Waals surface area (Å²) in [7, 11) is 0. The Hall–Kier alpha value is -1.57. The van der Waals surface area contributed by atoms with E-state index in [9.17, 15) is 22.8 Å². The molecule has 0 saturated carbocycles. The highest BCUT2D eigenvalue weighted by atomic mass is 19.4. The molecule has 0 radical (unpaired) electrons. The van der Waals surface area contributed by atoms with Gasteiger partial charge in [0, 0.05) is 18.7 Å². The highest BCUT2D eigenvalue weighted by Gasteiger charge is 2.27. The number of alkyl halides is 3. The van der Waals surface area contributed by atoms with Crippen molar-refractivity contribution in [2.24, 2.45) is 0 Å². The molecule has 0 unspecified atom stereocenters. The Morgan fingerprint density at radius 1 is 1.31 bits per heavy atom. The molecule has 92 valence electrons. The summed E-state index contributed by atoms with van der Waals surface area (Å²) in [6.45, 7) is -1.81. The lowest BCUT2D eigenvalue weighted by Crippen LogP contribution is -2.27. The topological polar surface area (TPSA) is 75.6 Å². The Bertz CT molecular complexity index is 275. The summed E-state index contributed by atoms with van der Waals surface area (Å²) in [6.07, 6.45) is -3.02. The van der Waals surface area contributed by atoms with E-state index in [0.29, 0.717) is 6.08 Å². The first kappa shape index (κ1) is 14.4. The average Bonchev–Trinajstić information content (AvgIpc) is 2.12. The third kappa shape index (κ3) is 10.5. The summed E-state index contributed by atoms with van der Waals surface area (Å²) in [4.78, 5) is 20.7. The molecule has 5 nitrogen and oxygen atoms in total. The molecule has 0 bridgehead atoms. The van der Waals surface area contributed by atoms with Gasteiger partial charge in [0.2, 0.25) is 5.91 Å². The molecule has 0 aromatic rings. The minimum Gasteiger partial charge on any atom is -0.478 e. The van der Waals surface area contributed by atoms with Gasteiger partial charge < -0.3 is 15.2 Å². The number of nitrogens with one attached hydrogen (secondary N) is 1. The van der Waals surface area contributed by atoms with E-state index in [0.717, 1.165) is 6.08 Å². The van der Waals surface area contributed by atoms with Gasteiger partial charge in [0.1, 0.15) is 6.61 Å². The quantitative estimate of drug-likeness (QED) is 0.518. The van der Waals surface area contributed by atoms with Crippen LogP contribution < -0.4 is 5.32 Å². The monoisotopic (exact) mass is 241 g/mol. The Morgan fingerprint density at radius 3 is 2.44 bits per heavy atom. The number of carbonyl (C=O) groups excluding carboxylic acids is 1. The molecule has 0 saturated heterocycles. The fourth-order valence-electron chi connectivity index (χ4n) is 0.640. The van der Waals surface area contributed by atoms with Gasteiger partial charge in [0.15, 0.2) is 0 Å². The van der Waals surface area contributed by atoms with Crippen LogP contribution in [0.2, 0.25) is 0 Å². The van der Waals surface area contributed by atoms with E-state index in [1.807, 2.05) is 0 Å². The second kappa shape index (κ2) is 6.83. The molecular weight excluding hydrogens is 231 g/mol. The molecule has 16 heavy (non-hydrogen) atoms. The van der Waals surface area contributed by atoms with Gasteiger partial charge in [-0.1, -0.05) is 0 Å².